The minimum absolute atomic E-state index is 0. The molecule has 0 heterocycles. The van der Waals surface area contributed by atoms with Crippen molar-refractivity contribution in [1.29, 1.82) is 0 Å². The van der Waals surface area contributed by atoms with E-state index < -0.39 is 11.6 Å². The van der Waals surface area contributed by atoms with Crippen molar-refractivity contribution in [2.24, 2.45) is 0 Å². The van der Waals surface area contributed by atoms with Crippen LogP contribution in [0.25, 0.3) is 0 Å². The van der Waals surface area contributed by atoms with Crippen molar-refractivity contribution in [3.63, 3.8) is 0 Å². The van der Waals surface area contributed by atoms with Crippen LogP contribution in [0, 0.1) is 24.6 Å². The van der Waals surface area contributed by atoms with Gasteiger partial charge in [0.2, 0.25) is 0 Å². The molecule has 0 saturated heterocycles. The topological polar surface area (TPSA) is 0 Å². The first-order valence-corrected chi connectivity index (χ1v) is 2.53. The third-order valence-corrected chi connectivity index (χ3v) is 1.05. The summed E-state index contributed by atoms with van der Waals surface area (Å²) in [5, 5.41) is 0. The van der Waals surface area contributed by atoms with Crippen molar-refractivity contribution in [2.75, 3.05) is 0 Å². The van der Waals surface area contributed by atoms with Crippen LogP contribution in [0.2, 0.25) is 0 Å². The van der Waals surface area contributed by atoms with E-state index in [4.69, 9.17) is 0 Å². The Balaban J connectivity index is 0. The first-order valence-electron chi connectivity index (χ1n) is 2.53. The summed E-state index contributed by atoms with van der Waals surface area (Å²) in [7, 11) is 0. The molecule has 0 fully saturated rings. The van der Waals surface area contributed by atoms with Crippen LogP contribution >= 0.6 is 0 Å². The SMILES string of the molecule is Cc1[c-]cc(F)cc1F.[Br-].[Mg+2]. The van der Waals surface area contributed by atoms with Gasteiger partial charge in [0.15, 0.2) is 0 Å². The normalized spacial score (nSPS) is 7.91. The molecule has 0 aliphatic carbocycles. The Hall–Kier alpha value is 0.326. The minimum Gasteiger partial charge on any atom is -1.00 e. The molecule has 4 heteroatoms. The van der Waals surface area contributed by atoms with E-state index in [9.17, 15) is 8.78 Å². The van der Waals surface area contributed by atoms with Gasteiger partial charge in [-0.25, -0.2) is 0 Å². The summed E-state index contributed by atoms with van der Waals surface area (Å²) in [5.74, 6) is -1.13. The van der Waals surface area contributed by atoms with E-state index in [0.717, 1.165) is 12.1 Å². The van der Waals surface area contributed by atoms with Crippen LogP contribution in [-0.2, 0) is 0 Å². The van der Waals surface area contributed by atoms with Gasteiger partial charge < -0.3 is 17.0 Å². The molecule has 1 aromatic carbocycles. The number of rotatable bonds is 0. The van der Waals surface area contributed by atoms with Crippen LogP contribution in [0.3, 0.4) is 0 Å². The van der Waals surface area contributed by atoms with E-state index in [0.29, 0.717) is 5.56 Å². The van der Waals surface area contributed by atoms with Crippen LogP contribution < -0.4 is 17.0 Å². The molecular formula is C7H5BrF2Mg. The molecule has 0 radical (unpaired) electrons. The Bertz CT molecular complexity index is 228. The predicted molar refractivity (Wildman–Crippen MR) is 35.7 cm³/mol. The van der Waals surface area contributed by atoms with Crippen molar-refractivity contribution in [1.82, 2.24) is 0 Å². The molecule has 1 rings (SSSR count). The van der Waals surface area contributed by atoms with E-state index in [1.807, 2.05) is 0 Å². The van der Waals surface area contributed by atoms with Crippen molar-refractivity contribution in [2.45, 2.75) is 6.92 Å². The van der Waals surface area contributed by atoms with Crippen LogP contribution in [0.1, 0.15) is 5.56 Å². The van der Waals surface area contributed by atoms with Crippen molar-refractivity contribution in [3.05, 3.63) is 35.4 Å². The number of aryl methyl sites for hydroxylation is 1. The Kier molecular flexibility index (Phi) is 7.46. The van der Waals surface area contributed by atoms with Gasteiger partial charge in [-0.05, 0) is 0 Å². The summed E-state index contributed by atoms with van der Waals surface area (Å²) in [4.78, 5) is 0. The molecule has 0 aliphatic rings. The first-order chi connectivity index (χ1) is 4.20. The zero-order valence-corrected chi connectivity index (χ0v) is 9.00. The molecule has 56 valence electrons. The zero-order valence-electron chi connectivity index (χ0n) is 6.00. The van der Waals surface area contributed by atoms with Crippen LogP contribution in [0.4, 0.5) is 8.78 Å². The number of benzene rings is 1. The van der Waals surface area contributed by atoms with Gasteiger partial charge >= 0.3 is 23.1 Å². The van der Waals surface area contributed by atoms with Gasteiger partial charge in [-0.1, -0.05) is 6.92 Å². The van der Waals surface area contributed by atoms with Gasteiger partial charge in [-0.3, -0.25) is 8.78 Å². The molecule has 0 amide bonds. The Morgan fingerprint density at radius 1 is 1.36 bits per heavy atom. The molecule has 0 bridgehead atoms. The van der Waals surface area contributed by atoms with E-state index in [1.54, 1.807) is 0 Å². The molecule has 0 saturated carbocycles. The second-order valence-electron chi connectivity index (χ2n) is 1.79. The maximum atomic E-state index is 12.3. The van der Waals surface area contributed by atoms with Crippen LogP contribution in [0.5, 0.6) is 0 Å². The summed E-state index contributed by atoms with van der Waals surface area (Å²) >= 11 is 0. The van der Waals surface area contributed by atoms with Gasteiger partial charge in [0.1, 0.15) is 0 Å². The van der Waals surface area contributed by atoms with Gasteiger partial charge in [0.25, 0.3) is 0 Å². The maximum absolute atomic E-state index is 12.3. The van der Waals surface area contributed by atoms with Gasteiger partial charge in [-0.15, -0.1) is 17.7 Å². The number of hydrogen-bond donors (Lipinski definition) is 0. The number of hydrogen-bond acceptors (Lipinski definition) is 0. The van der Waals surface area contributed by atoms with Gasteiger partial charge in [-0.2, -0.15) is 6.07 Å². The largest absolute Gasteiger partial charge is 2.00 e. The Morgan fingerprint density at radius 3 is 2.27 bits per heavy atom. The third kappa shape index (κ3) is 4.03. The molecule has 0 aliphatic heterocycles. The minimum atomic E-state index is -0.585. The zero-order chi connectivity index (χ0) is 6.85. The summed E-state index contributed by atoms with van der Waals surface area (Å²) in [6, 6.07) is 4.37. The Morgan fingerprint density at radius 2 is 1.91 bits per heavy atom. The summed E-state index contributed by atoms with van der Waals surface area (Å²) in [6.07, 6.45) is 0. The van der Waals surface area contributed by atoms with E-state index in [-0.39, 0.29) is 40.0 Å². The predicted octanol–water partition coefficient (Wildman–Crippen LogP) is -1.30. The average Bonchev–Trinajstić information content (AvgIpc) is 1.80. The Labute approximate surface area is 90.9 Å². The fourth-order valence-corrected chi connectivity index (χ4v) is 0.517. The van der Waals surface area contributed by atoms with Crippen molar-refractivity contribution < 1.29 is 25.8 Å². The molecule has 0 atom stereocenters. The van der Waals surface area contributed by atoms with Crippen LogP contribution in [0.15, 0.2) is 12.1 Å². The summed E-state index contributed by atoms with van der Waals surface area (Å²) < 4.78 is 24.4. The molecule has 0 unspecified atom stereocenters. The molecule has 11 heavy (non-hydrogen) atoms. The van der Waals surface area contributed by atoms with Crippen molar-refractivity contribution in [3.8, 4) is 0 Å². The second kappa shape index (κ2) is 5.91. The summed E-state index contributed by atoms with van der Waals surface area (Å²) in [6.45, 7) is 1.54. The van der Waals surface area contributed by atoms with Crippen molar-refractivity contribution >= 4 is 23.1 Å². The summed E-state index contributed by atoms with van der Waals surface area (Å²) in [5.41, 5.74) is 0.344. The maximum Gasteiger partial charge on any atom is 2.00 e. The van der Waals surface area contributed by atoms with E-state index in [1.165, 1.54) is 6.92 Å². The van der Waals surface area contributed by atoms with E-state index in [2.05, 4.69) is 6.07 Å². The quantitative estimate of drug-likeness (QED) is 0.384. The van der Waals surface area contributed by atoms with E-state index >= 15 is 0 Å². The third-order valence-electron chi connectivity index (χ3n) is 1.05. The molecular weight excluding hydrogens is 226 g/mol. The fourth-order valence-electron chi connectivity index (χ4n) is 0.517. The monoisotopic (exact) mass is 230 g/mol. The number of halogens is 3. The van der Waals surface area contributed by atoms with Gasteiger partial charge in [0.05, 0.1) is 0 Å². The van der Waals surface area contributed by atoms with Crippen LogP contribution in [-0.4, -0.2) is 23.1 Å². The second-order valence-corrected chi connectivity index (χ2v) is 1.79. The smallest absolute Gasteiger partial charge is 1.00 e. The molecule has 0 nitrogen and oxygen atoms in total. The molecule has 0 N–H and O–H groups in total. The average molecular weight is 231 g/mol. The molecule has 1 aromatic rings. The first kappa shape index (κ1) is 13.9. The fraction of sp³-hybridized carbons (Fsp3) is 0.143. The molecule has 0 spiro atoms. The standard InChI is InChI=1S/C7H5F2.BrH.Mg/c1-5-2-3-6(8)4-7(5)9;;/h3-4H,1H3;1H;/q-1;;+2/p-1. The van der Waals surface area contributed by atoms with Gasteiger partial charge in [0, 0.05) is 11.6 Å². The molecule has 0 aromatic heterocycles.